The van der Waals surface area contributed by atoms with Gasteiger partial charge in [0.05, 0.1) is 13.0 Å². The lowest BCUT2D eigenvalue weighted by atomic mass is 9.75. The molecule has 0 aromatic rings. The predicted molar refractivity (Wildman–Crippen MR) is 139 cm³/mol. The van der Waals surface area contributed by atoms with Crippen LogP contribution < -0.4 is 16.0 Å². The summed E-state index contributed by atoms with van der Waals surface area (Å²) in [5.41, 5.74) is 0. The third kappa shape index (κ3) is 9.72. The lowest BCUT2D eigenvalue weighted by Crippen LogP contribution is -2.51. The highest BCUT2D eigenvalue weighted by atomic mass is 16.2. The molecule has 0 unspecified atom stereocenters. The summed E-state index contributed by atoms with van der Waals surface area (Å²) in [6.07, 6.45) is 9.55. The Morgan fingerprint density at radius 2 is 1.08 bits per heavy atom. The van der Waals surface area contributed by atoms with E-state index in [-0.39, 0.29) is 48.3 Å². The lowest BCUT2D eigenvalue weighted by Gasteiger charge is -2.35. The van der Waals surface area contributed by atoms with Gasteiger partial charge in [-0.2, -0.15) is 0 Å². The van der Waals surface area contributed by atoms with Crippen molar-refractivity contribution in [2.24, 2.45) is 11.8 Å². The quantitative estimate of drug-likeness (QED) is 0.369. The molecular weight excluding hydrogens is 474 g/mol. The van der Waals surface area contributed by atoms with Crippen LogP contribution >= 0.6 is 0 Å². The van der Waals surface area contributed by atoms with E-state index in [0.717, 1.165) is 44.4 Å². The number of hydrogen-bond acceptors (Lipinski definition) is 6. The predicted octanol–water partition coefficient (Wildman–Crippen LogP) is 0.986. The molecule has 10 heteroatoms. The summed E-state index contributed by atoms with van der Waals surface area (Å²) >= 11 is 0. The maximum absolute atomic E-state index is 12.6. The largest absolute Gasteiger partial charge is 0.353 e. The van der Waals surface area contributed by atoms with Gasteiger partial charge in [0.25, 0.3) is 0 Å². The molecule has 0 bridgehead atoms. The molecule has 0 aromatic carbocycles. The minimum absolute atomic E-state index is 0.0771. The fourth-order valence-electron chi connectivity index (χ4n) is 6.05. The number of piperazine rings is 1. The first-order chi connectivity index (χ1) is 17.7. The monoisotopic (exact) mass is 519 g/mol. The number of likely N-dealkylation sites (N-methyl/N-ethyl adjacent to an activating group) is 1. The molecule has 0 atom stereocenters. The van der Waals surface area contributed by atoms with Crippen LogP contribution in [0, 0.1) is 11.8 Å². The van der Waals surface area contributed by atoms with Crippen molar-refractivity contribution in [3.63, 3.8) is 0 Å². The summed E-state index contributed by atoms with van der Waals surface area (Å²) in [6.45, 7) is 3.35. The zero-order valence-corrected chi connectivity index (χ0v) is 22.6. The van der Waals surface area contributed by atoms with E-state index in [4.69, 9.17) is 0 Å². The molecule has 3 rings (SSSR count). The molecule has 4 amide bonds. The number of rotatable bonds is 10. The van der Waals surface area contributed by atoms with Crippen LogP contribution in [0.5, 0.6) is 0 Å². The number of amides is 4. The fraction of sp³-hybridized carbons (Fsp3) is 0.815. The Bertz CT molecular complexity index is 810. The minimum Gasteiger partial charge on any atom is -0.353 e. The molecule has 0 radical (unpaired) electrons. The average Bonchev–Trinajstić information content (AvgIpc) is 2.86. The van der Waals surface area contributed by atoms with Crippen molar-refractivity contribution in [2.45, 2.75) is 89.6 Å². The topological polar surface area (TPSA) is 128 Å². The maximum Gasteiger partial charge on any atom is 0.234 e. The standard InChI is InChI=1S/C27H45N5O5/c1-19(33)15-26(36)31-11-13-32(14-12-31)27(37)17-24(34)29-22-7-3-20(4-8-22)16-21-5-9-23(10-6-21)30-25(35)18-28-2/h20-23,28H,3-18H2,1-2H3,(H,29,34)(H,30,35). The molecule has 0 spiro atoms. The molecule has 2 aliphatic carbocycles. The first kappa shape index (κ1) is 29.1. The number of nitrogens with zero attached hydrogens (tertiary/aromatic N) is 2. The van der Waals surface area contributed by atoms with E-state index in [1.165, 1.54) is 26.2 Å². The number of ketones is 1. The Morgan fingerprint density at radius 3 is 1.51 bits per heavy atom. The molecule has 2 saturated carbocycles. The number of Topliss-reactive ketones (excluding diaryl/α,β-unsaturated/α-hetero) is 1. The van der Waals surface area contributed by atoms with Crippen molar-refractivity contribution >= 4 is 29.4 Å². The van der Waals surface area contributed by atoms with Gasteiger partial charge < -0.3 is 25.8 Å². The van der Waals surface area contributed by atoms with E-state index >= 15 is 0 Å². The summed E-state index contributed by atoms with van der Waals surface area (Å²) in [5.74, 6) is 0.706. The van der Waals surface area contributed by atoms with Crippen molar-refractivity contribution in [1.29, 1.82) is 0 Å². The molecule has 3 N–H and O–H groups in total. The van der Waals surface area contributed by atoms with Gasteiger partial charge in [-0.05, 0) is 83.6 Å². The highest BCUT2D eigenvalue weighted by Crippen LogP contribution is 2.35. The number of carbonyl (C=O) groups excluding carboxylic acids is 5. The first-order valence-corrected chi connectivity index (χ1v) is 14.0. The van der Waals surface area contributed by atoms with Gasteiger partial charge in [-0.1, -0.05) is 0 Å². The molecule has 208 valence electrons. The zero-order valence-electron chi connectivity index (χ0n) is 22.6. The van der Waals surface area contributed by atoms with Crippen LogP contribution in [0.1, 0.15) is 77.6 Å². The lowest BCUT2D eigenvalue weighted by molar-refractivity contribution is -0.143. The summed E-state index contributed by atoms with van der Waals surface area (Å²) < 4.78 is 0. The van der Waals surface area contributed by atoms with Gasteiger partial charge in [0.15, 0.2) is 0 Å². The highest BCUT2D eigenvalue weighted by Gasteiger charge is 2.29. The third-order valence-corrected chi connectivity index (χ3v) is 8.12. The van der Waals surface area contributed by atoms with E-state index < -0.39 is 0 Å². The Kier molecular flexibility index (Phi) is 11.4. The smallest absolute Gasteiger partial charge is 0.234 e. The van der Waals surface area contributed by atoms with Crippen LogP contribution in [0.4, 0.5) is 0 Å². The molecule has 1 heterocycles. The Balaban J connectivity index is 1.28. The van der Waals surface area contributed by atoms with Crippen LogP contribution in [-0.2, 0) is 24.0 Å². The van der Waals surface area contributed by atoms with Gasteiger partial charge in [0, 0.05) is 38.3 Å². The molecule has 10 nitrogen and oxygen atoms in total. The van der Waals surface area contributed by atoms with Gasteiger partial charge in [-0.25, -0.2) is 0 Å². The van der Waals surface area contributed by atoms with Gasteiger partial charge in [0.1, 0.15) is 12.2 Å². The fourth-order valence-corrected chi connectivity index (χ4v) is 6.05. The molecule has 0 aromatic heterocycles. The van der Waals surface area contributed by atoms with Crippen molar-refractivity contribution in [1.82, 2.24) is 25.8 Å². The molecule has 1 aliphatic heterocycles. The van der Waals surface area contributed by atoms with E-state index in [9.17, 15) is 24.0 Å². The number of carbonyl (C=O) groups is 5. The van der Waals surface area contributed by atoms with Crippen LogP contribution in [0.2, 0.25) is 0 Å². The van der Waals surface area contributed by atoms with Gasteiger partial charge in [0.2, 0.25) is 23.6 Å². The molecular formula is C27H45N5O5. The Labute approximate surface area is 220 Å². The van der Waals surface area contributed by atoms with Crippen LogP contribution in [-0.4, -0.2) is 91.1 Å². The molecule has 37 heavy (non-hydrogen) atoms. The molecule has 3 aliphatic rings. The normalized spacial score (nSPS) is 26.3. The number of nitrogens with one attached hydrogen (secondary N) is 3. The van der Waals surface area contributed by atoms with E-state index in [0.29, 0.717) is 44.7 Å². The molecule has 1 saturated heterocycles. The van der Waals surface area contributed by atoms with Crippen molar-refractivity contribution in [3.8, 4) is 0 Å². The van der Waals surface area contributed by atoms with Crippen molar-refractivity contribution in [2.75, 3.05) is 39.8 Å². The van der Waals surface area contributed by atoms with Crippen LogP contribution in [0.3, 0.4) is 0 Å². The highest BCUT2D eigenvalue weighted by molar-refractivity contribution is 5.98. The minimum atomic E-state index is -0.220. The zero-order chi connectivity index (χ0) is 26.8. The third-order valence-electron chi connectivity index (χ3n) is 8.12. The SMILES string of the molecule is CNCC(=O)NC1CCC(CC2CCC(NC(=O)CC(=O)N3CCN(C(=O)CC(C)=O)CC3)CC2)CC1. The van der Waals surface area contributed by atoms with Gasteiger partial charge in [-0.15, -0.1) is 0 Å². The van der Waals surface area contributed by atoms with Crippen molar-refractivity contribution < 1.29 is 24.0 Å². The van der Waals surface area contributed by atoms with Crippen molar-refractivity contribution in [3.05, 3.63) is 0 Å². The first-order valence-electron chi connectivity index (χ1n) is 14.0. The average molecular weight is 520 g/mol. The second-order valence-electron chi connectivity index (χ2n) is 11.2. The van der Waals surface area contributed by atoms with Gasteiger partial charge >= 0.3 is 0 Å². The van der Waals surface area contributed by atoms with E-state index in [2.05, 4.69) is 16.0 Å². The Morgan fingerprint density at radius 1 is 0.649 bits per heavy atom. The summed E-state index contributed by atoms with van der Waals surface area (Å²) in [5, 5.41) is 9.07. The number of hydrogen-bond donors (Lipinski definition) is 3. The molecule has 3 fully saturated rings. The Hall–Kier alpha value is -2.49. The van der Waals surface area contributed by atoms with E-state index in [1.807, 2.05) is 0 Å². The van der Waals surface area contributed by atoms with Crippen LogP contribution in [0.25, 0.3) is 0 Å². The second kappa shape index (κ2) is 14.4. The van der Waals surface area contributed by atoms with Gasteiger partial charge in [-0.3, -0.25) is 24.0 Å². The maximum atomic E-state index is 12.6. The van der Waals surface area contributed by atoms with Crippen LogP contribution in [0.15, 0.2) is 0 Å². The second-order valence-corrected chi connectivity index (χ2v) is 11.2. The summed E-state index contributed by atoms with van der Waals surface area (Å²) in [6, 6.07) is 0.444. The summed E-state index contributed by atoms with van der Waals surface area (Å²) in [7, 11) is 1.78. The van der Waals surface area contributed by atoms with E-state index in [1.54, 1.807) is 16.8 Å². The summed E-state index contributed by atoms with van der Waals surface area (Å²) in [4.78, 5) is 63.3.